The Bertz CT molecular complexity index is 811. The van der Waals surface area contributed by atoms with Crippen molar-refractivity contribution in [2.24, 2.45) is 26.3 Å². The van der Waals surface area contributed by atoms with Gasteiger partial charge in [0.1, 0.15) is 23.6 Å². The summed E-state index contributed by atoms with van der Waals surface area (Å²) in [5, 5.41) is 38.0. The van der Waals surface area contributed by atoms with E-state index in [9.17, 15) is 28.5 Å². The molecule has 12 nitrogen and oxygen atoms in total. The minimum absolute atomic E-state index is 0.601. The van der Waals surface area contributed by atoms with Gasteiger partial charge in [-0.1, -0.05) is 13.8 Å². The van der Waals surface area contributed by atoms with Gasteiger partial charge in [-0.25, -0.2) is 23.5 Å². The molecule has 0 aromatic carbocycles. The molecule has 8 N–H and O–H groups in total. The molecule has 2 heterocycles. The number of nitrogens with two attached hydrogens (primary N) is 2. The van der Waals surface area contributed by atoms with E-state index in [2.05, 4.69) is 15.3 Å². The number of sulfonamides is 1. The number of hydrogen-bond donors (Lipinski definition) is 6. The lowest BCUT2D eigenvalue weighted by atomic mass is 10.0. The van der Waals surface area contributed by atoms with Crippen LogP contribution in [0.15, 0.2) is 9.98 Å². The number of aliphatic hydroxyl groups is 3. The fraction of sp³-hybridized carbons (Fsp3) is 0.750. The highest BCUT2D eigenvalue weighted by Gasteiger charge is 2.92. The first-order valence-corrected chi connectivity index (χ1v) is 8.79. The summed E-state index contributed by atoms with van der Waals surface area (Å²) in [5.74, 6) is -1.10. The van der Waals surface area contributed by atoms with E-state index in [1.807, 2.05) is 0 Å². The van der Waals surface area contributed by atoms with Gasteiger partial charge in [0, 0.05) is 5.41 Å². The van der Waals surface area contributed by atoms with E-state index in [0.29, 0.717) is 0 Å². The average Bonchev–Trinajstić information content (AvgIpc) is 2.85. The second-order valence-electron chi connectivity index (χ2n) is 6.78. The minimum Gasteiger partial charge on any atom is -0.394 e. The Morgan fingerprint density at radius 1 is 1.40 bits per heavy atom. The van der Waals surface area contributed by atoms with E-state index in [4.69, 9.17) is 15.6 Å². The Morgan fingerprint density at radius 3 is 2.48 bits per heavy atom. The highest BCUT2D eigenvalue weighted by Crippen LogP contribution is 2.72. The standard InChI is InChI=1S/C12H19N5O7S/c1-9(2)10(20)5(3-18)24-8(11(9,10)21)17-7(19)6-12(13,16-4-15-6)25(14,22)23/h4-5,8,18,20-21H,3,13H2,1-2H3,(H,17,19)(H2,14,22,23)/t5-,8-,10+,11-,12?/m1/s1. The van der Waals surface area contributed by atoms with Crippen LogP contribution in [0, 0.1) is 5.41 Å². The molecule has 1 amide bonds. The molecule has 0 radical (unpaired) electrons. The van der Waals surface area contributed by atoms with Gasteiger partial charge in [0.15, 0.2) is 11.9 Å². The van der Waals surface area contributed by atoms with Crippen molar-refractivity contribution in [1.82, 2.24) is 5.32 Å². The van der Waals surface area contributed by atoms with Crippen molar-refractivity contribution in [2.75, 3.05) is 6.61 Å². The number of aliphatic hydroxyl groups excluding tert-OH is 1. The van der Waals surface area contributed by atoms with Gasteiger partial charge in [0.25, 0.3) is 20.9 Å². The SMILES string of the molecule is CC1(C)[C@]2(O)[C@H](NC(=O)C3=NC=NC3(N)S(N)(=O)=O)O[C@H](CO)[C@]12O. The summed E-state index contributed by atoms with van der Waals surface area (Å²) in [7, 11) is -4.50. The monoisotopic (exact) mass is 377 g/mol. The van der Waals surface area contributed by atoms with Crippen molar-refractivity contribution in [3.8, 4) is 0 Å². The maximum absolute atomic E-state index is 12.4. The van der Waals surface area contributed by atoms with Crippen molar-refractivity contribution in [3.05, 3.63) is 0 Å². The van der Waals surface area contributed by atoms with Gasteiger partial charge in [-0.2, -0.15) is 0 Å². The maximum Gasteiger partial charge on any atom is 0.274 e. The third kappa shape index (κ3) is 1.85. The molecule has 2 aliphatic heterocycles. The first kappa shape index (κ1) is 18.3. The molecule has 5 atom stereocenters. The number of nitrogens with one attached hydrogen (secondary N) is 1. The Hall–Kier alpha value is -1.48. The summed E-state index contributed by atoms with van der Waals surface area (Å²) < 4.78 is 28.5. The summed E-state index contributed by atoms with van der Waals surface area (Å²) in [6.45, 7) is 2.47. The lowest BCUT2D eigenvalue weighted by Crippen LogP contribution is -2.61. The predicted molar refractivity (Wildman–Crippen MR) is 83.5 cm³/mol. The molecule has 2 fully saturated rings. The molecule has 1 unspecified atom stereocenters. The van der Waals surface area contributed by atoms with Crippen molar-refractivity contribution in [1.29, 1.82) is 0 Å². The van der Waals surface area contributed by atoms with Crippen molar-refractivity contribution in [3.63, 3.8) is 0 Å². The summed E-state index contributed by atoms with van der Waals surface area (Å²) in [6.07, 6.45) is -1.82. The molecule has 25 heavy (non-hydrogen) atoms. The molecule has 1 saturated heterocycles. The Labute approximate surface area is 142 Å². The molecule has 3 aliphatic rings. The third-order valence-corrected chi connectivity index (χ3v) is 6.59. The van der Waals surface area contributed by atoms with Crippen molar-refractivity contribution >= 4 is 28.0 Å². The number of rotatable bonds is 4. The van der Waals surface area contributed by atoms with Crippen LogP contribution in [0.3, 0.4) is 0 Å². The van der Waals surface area contributed by atoms with E-state index < -0.39 is 62.2 Å². The van der Waals surface area contributed by atoms with E-state index >= 15 is 0 Å². The van der Waals surface area contributed by atoms with Crippen LogP contribution in [-0.2, 0) is 19.6 Å². The van der Waals surface area contributed by atoms with Crippen LogP contribution in [0.5, 0.6) is 0 Å². The van der Waals surface area contributed by atoms with Crippen LogP contribution in [0.4, 0.5) is 0 Å². The number of carbonyl (C=O) groups is 1. The zero-order valence-corrected chi connectivity index (χ0v) is 14.2. The number of ether oxygens (including phenoxy) is 1. The quantitative estimate of drug-likeness (QED) is 0.281. The second kappa shape index (κ2) is 4.82. The number of fused-ring (bicyclic) bond motifs is 1. The van der Waals surface area contributed by atoms with E-state index in [1.54, 1.807) is 0 Å². The molecular weight excluding hydrogens is 358 g/mol. The normalized spacial score (nSPS) is 44.4. The molecule has 1 saturated carbocycles. The summed E-state index contributed by atoms with van der Waals surface area (Å²) in [5.41, 5.74) is 0.0677. The lowest BCUT2D eigenvalue weighted by molar-refractivity contribution is -0.131. The smallest absolute Gasteiger partial charge is 0.274 e. The molecule has 140 valence electrons. The molecule has 3 rings (SSSR count). The second-order valence-corrected chi connectivity index (χ2v) is 8.49. The molecule has 0 aromatic rings. The van der Waals surface area contributed by atoms with E-state index in [-0.39, 0.29) is 0 Å². The largest absolute Gasteiger partial charge is 0.394 e. The Balaban J connectivity index is 1.86. The molecular formula is C12H19N5O7S. The van der Waals surface area contributed by atoms with Gasteiger partial charge in [0.05, 0.1) is 6.61 Å². The van der Waals surface area contributed by atoms with Crippen LogP contribution >= 0.6 is 0 Å². The van der Waals surface area contributed by atoms with Crippen LogP contribution in [0.25, 0.3) is 0 Å². The lowest BCUT2D eigenvalue weighted by Gasteiger charge is -2.27. The molecule has 0 aromatic heterocycles. The van der Waals surface area contributed by atoms with Crippen molar-refractivity contribution < 1.29 is 33.3 Å². The predicted octanol–water partition coefficient (Wildman–Crippen LogP) is -4.29. The molecule has 0 bridgehead atoms. The number of aliphatic imine (C=N–C) groups is 2. The third-order valence-electron chi connectivity index (χ3n) is 5.42. The highest BCUT2D eigenvalue weighted by atomic mass is 32.2. The first-order valence-electron chi connectivity index (χ1n) is 7.24. The van der Waals surface area contributed by atoms with Crippen LogP contribution in [0.2, 0.25) is 0 Å². The fourth-order valence-corrected chi connectivity index (χ4v) is 4.30. The number of primary sulfonamides is 1. The maximum atomic E-state index is 12.4. The highest BCUT2D eigenvalue weighted by molar-refractivity contribution is 7.91. The first-order chi connectivity index (χ1) is 11.3. The fourth-order valence-electron chi connectivity index (χ4n) is 3.69. The molecule has 1 aliphatic carbocycles. The zero-order chi connectivity index (χ0) is 19.1. The zero-order valence-electron chi connectivity index (χ0n) is 13.4. The Kier molecular flexibility index (Phi) is 3.53. The summed E-state index contributed by atoms with van der Waals surface area (Å²) in [6, 6.07) is 0. The van der Waals surface area contributed by atoms with Crippen LogP contribution in [-0.4, -0.2) is 76.8 Å². The van der Waals surface area contributed by atoms with Crippen LogP contribution in [0.1, 0.15) is 13.8 Å². The van der Waals surface area contributed by atoms with Gasteiger partial charge in [0.2, 0.25) is 0 Å². The van der Waals surface area contributed by atoms with E-state index in [0.717, 1.165) is 6.34 Å². The Morgan fingerprint density at radius 2 is 2.00 bits per heavy atom. The minimum atomic E-state index is -4.50. The van der Waals surface area contributed by atoms with E-state index in [1.165, 1.54) is 13.8 Å². The number of amides is 1. The van der Waals surface area contributed by atoms with Gasteiger partial charge >= 0.3 is 0 Å². The van der Waals surface area contributed by atoms with Gasteiger partial charge in [-0.15, -0.1) is 0 Å². The molecule has 13 heteroatoms. The van der Waals surface area contributed by atoms with Crippen LogP contribution < -0.4 is 16.2 Å². The van der Waals surface area contributed by atoms with Gasteiger partial charge < -0.3 is 25.4 Å². The summed E-state index contributed by atoms with van der Waals surface area (Å²) >= 11 is 0. The summed E-state index contributed by atoms with van der Waals surface area (Å²) in [4.78, 5) is 16.8. The number of nitrogens with zero attached hydrogens (tertiary/aromatic N) is 2. The number of hydrogen-bond acceptors (Lipinski definition) is 10. The number of carbonyl (C=O) groups excluding carboxylic acids is 1. The molecule has 0 spiro atoms. The average molecular weight is 377 g/mol. The van der Waals surface area contributed by atoms with Crippen molar-refractivity contribution in [2.45, 2.75) is 42.4 Å². The van der Waals surface area contributed by atoms with Gasteiger partial charge in [-0.3, -0.25) is 10.5 Å². The topological polar surface area (TPSA) is 210 Å². The van der Waals surface area contributed by atoms with Gasteiger partial charge in [-0.05, 0) is 0 Å².